The van der Waals surface area contributed by atoms with Crippen LogP contribution in [0.15, 0.2) is 0 Å². The Hall–Kier alpha value is -0.0800. The molecular weight excluding hydrogens is 124 g/mol. The predicted octanol–water partition coefficient (Wildman–Crippen LogP) is 0.838. The molecule has 0 aromatic rings. The summed E-state index contributed by atoms with van der Waals surface area (Å²) in [7, 11) is 0. The summed E-state index contributed by atoms with van der Waals surface area (Å²) in [5.74, 6) is 8.51. The second-order valence-corrected chi connectivity index (χ2v) is 3.91. The van der Waals surface area contributed by atoms with E-state index in [4.69, 9.17) is 5.84 Å². The second-order valence-electron chi connectivity index (χ2n) is 3.91. The number of hydrogen-bond acceptors (Lipinski definition) is 2. The van der Waals surface area contributed by atoms with Crippen LogP contribution in [0, 0.1) is 17.8 Å². The molecule has 10 heavy (non-hydrogen) atoms. The van der Waals surface area contributed by atoms with Gasteiger partial charge >= 0.3 is 0 Å². The molecule has 2 heteroatoms. The third-order valence-corrected chi connectivity index (χ3v) is 3.33. The average molecular weight is 140 g/mol. The number of nitrogens with two attached hydrogens (primary N) is 1. The number of nitrogens with zero attached hydrogens (tertiary/aromatic N) is 1. The smallest absolute Gasteiger partial charge is 0.0159 e. The highest BCUT2D eigenvalue weighted by molar-refractivity contribution is 4.88. The van der Waals surface area contributed by atoms with Gasteiger partial charge in [-0.05, 0) is 30.6 Å². The molecule has 1 aliphatic carbocycles. The first-order valence-electron chi connectivity index (χ1n) is 4.27. The molecule has 2 unspecified atom stereocenters. The maximum atomic E-state index is 5.75. The summed E-state index contributed by atoms with van der Waals surface area (Å²) >= 11 is 0. The zero-order valence-corrected chi connectivity index (χ0v) is 6.59. The molecule has 2 rings (SSSR count). The first-order chi connectivity index (χ1) is 4.77. The minimum atomic E-state index is 0.906. The van der Waals surface area contributed by atoms with Gasteiger partial charge in [-0.3, -0.25) is 5.84 Å². The van der Waals surface area contributed by atoms with E-state index in [0.717, 1.165) is 30.8 Å². The van der Waals surface area contributed by atoms with E-state index in [-0.39, 0.29) is 0 Å². The topological polar surface area (TPSA) is 29.3 Å². The van der Waals surface area contributed by atoms with Crippen molar-refractivity contribution in [3.8, 4) is 0 Å². The monoisotopic (exact) mass is 140 g/mol. The molecule has 2 fully saturated rings. The van der Waals surface area contributed by atoms with Crippen molar-refractivity contribution < 1.29 is 0 Å². The molecule has 58 valence electrons. The molecule has 1 aliphatic heterocycles. The van der Waals surface area contributed by atoms with Crippen LogP contribution in [-0.4, -0.2) is 18.1 Å². The van der Waals surface area contributed by atoms with Gasteiger partial charge in [-0.15, -0.1) is 0 Å². The van der Waals surface area contributed by atoms with Gasteiger partial charge in [0.15, 0.2) is 0 Å². The Morgan fingerprint density at radius 3 is 2.20 bits per heavy atom. The van der Waals surface area contributed by atoms with Crippen LogP contribution in [0.25, 0.3) is 0 Å². The molecule has 2 nitrogen and oxygen atoms in total. The van der Waals surface area contributed by atoms with Gasteiger partial charge in [0.1, 0.15) is 0 Å². The molecule has 1 saturated heterocycles. The lowest BCUT2D eigenvalue weighted by Gasteiger charge is -2.33. The first-order valence-corrected chi connectivity index (χ1v) is 4.27. The van der Waals surface area contributed by atoms with Crippen LogP contribution in [0.4, 0.5) is 0 Å². The minimum Gasteiger partial charge on any atom is -0.269 e. The highest BCUT2D eigenvalue weighted by Crippen LogP contribution is 2.40. The number of fused-ring (bicyclic) bond motifs is 2. The van der Waals surface area contributed by atoms with Crippen LogP contribution in [0.2, 0.25) is 0 Å². The molecule has 0 aromatic heterocycles. The third-order valence-electron chi connectivity index (χ3n) is 3.33. The summed E-state index contributed by atoms with van der Waals surface area (Å²) in [5.41, 5.74) is 0. The Morgan fingerprint density at radius 2 is 1.70 bits per heavy atom. The van der Waals surface area contributed by atoms with Gasteiger partial charge in [-0.2, -0.15) is 0 Å². The van der Waals surface area contributed by atoms with Gasteiger partial charge < -0.3 is 0 Å². The molecule has 0 radical (unpaired) electrons. The lowest BCUT2D eigenvalue weighted by Crippen LogP contribution is -2.44. The van der Waals surface area contributed by atoms with Crippen molar-refractivity contribution in [3.05, 3.63) is 0 Å². The van der Waals surface area contributed by atoms with Crippen molar-refractivity contribution in [2.24, 2.45) is 23.6 Å². The highest BCUT2D eigenvalue weighted by atomic mass is 15.4. The molecule has 2 aliphatic rings. The maximum absolute atomic E-state index is 5.75. The van der Waals surface area contributed by atoms with Crippen molar-refractivity contribution >= 4 is 0 Å². The van der Waals surface area contributed by atoms with E-state index >= 15 is 0 Å². The molecule has 1 heterocycles. The van der Waals surface area contributed by atoms with Crippen LogP contribution < -0.4 is 5.84 Å². The van der Waals surface area contributed by atoms with Gasteiger partial charge in [0, 0.05) is 13.1 Å². The minimum absolute atomic E-state index is 0.906. The summed E-state index contributed by atoms with van der Waals surface area (Å²) in [5, 5.41) is 2.00. The van der Waals surface area contributed by atoms with Gasteiger partial charge in [0.2, 0.25) is 0 Å². The summed E-state index contributed by atoms with van der Waals surface area (Å²) in [4.78, 5) is 0. The Bertz CT molecular complexity index is 121. The van der Waals surface area contributed by atoms with Crippen molar-refractivity contribution in [1.29, 1.82) is 0 Å². The van der Waals surface area contributed by atoms with E-state index in [1.54, 1.807) is 0 Å². The SMILES string of the molecule is CC1C2CCC1CN(N)C2. The largest absolute Gasteiger partial charge is 0.269 e. The van der Waals surface area contributed by atoms with Gasteiger partial charge in [0.05, 0.1) is 0 Å². The van der Waals surface area contributed by atoms with Crippen LogP contribution in [-0.2, 0) is 0 Å². The van der Waals surface area contributed by atoms with E-state index in [2.05, 4.69) is 6.92 Å². The number of piperidine rings is 1. The molecule has 1 saturated carbocycles. The zero-order chi connectivity index (χ0) is 7.14. The van der Waals surface area contributed by atoms with Crippen LogP contribution in [0.3, 0.4) is 0 Å². The second kappa shape index (κ2) is 2.21. The fourth-order valence-electron chi connectivity index (χ4n) is 2.53. The van der Waals surface area contributed by atoms with Crippen molar-refractivity contribution in [2.45, 2.75) is 19.8 Å². The normalized spacial score (nSPS) is 48.0. The van der Waals surface area contributed by atoms with E-state index in [0.29, 0.717) is 0 Å². The molecule has 2 N–H and O–H groups in total. The number of rotatable bonds is 0. The lowest BCUT2D eigenvalue weighted by molar-refractivity contribution is 0.120. The fraction of sp³-hybridized carbons (Fsp3) is 1.00. The van der Waals surface area contributed by atoms with Crippen molar-refractivity contribution in [1.82, 2.24) is 5.01 Å². The predicted molar refractivity (Wildman–Crippen MR) is 41.1 cm³/mol. The third kappa shape index (κ3) is 0.867. The van der Waals surface area contributed by atoms with Gasteiger partial charge in [-0.1, -0.05) is 6.92 Å². The summed E-state index contributed by atoms with van der Waals surface area (Å²) in [6, 6.07) is 0. The van der Waals surface area contributed by atoms with Crippen molar-refractivity contribution in [2.75, 3.05) is 13.1 Å². The Balaban J connectivity index is 2.09. The number of hydrazine groups is 1. The van der Waals surface area contributed by atoms with E-state index < -0.39 is 0 Å². The Morgan fingerprint density at radius 1 is 1.20 bits per heavy atom. The molecule has 2 bridgehead atoms. The average Bonchev–Trinajstić information content (AvgIpc) is 2.20. The molecular formula is C8H16N2. The van der Waals surface area contributed by atoms with Gasteiger partial charge in [-0.25, -0.2) is 5.01 Å². The fourth-order valence-corrected chi connectivity index (χ4v) is 2.53. The first kappa shape index (κ1) is 6.62. The molecule has 0 spiro atoms. The quantitative estimate of drug-likeness (QED) is 0.505. The number of hydrogen-bond donors (Lipinski definition) is 1. The standard InChI is InChI=1S/C8H16N2/c1-6-7-2-3-8(6)5-10(9)4-7/h6-8H,2-5,9H2,1H3. The lowest BCUT2D eigenvalue weighted by atomic mass is 9.88. The highest BCUT2D eigenvalue weighted by Gasteiger charge is 2.37. The van der Waals surface area contributed by atoms with E-state index in [1.807, 2.05) is 5.01 Å². The van der Waals surface area contributed by atoms with Crippen LogP contribution >= 0.6 is 0 Å². The van der Waals surface area contributed by atoms with Gasteiger partial charge in [0.25, 0.3) is 0 Å². The van der Waals surface area contributed by atoms with E-state index in [9.17, 15) is 0 Å². The summed E-state index contributed by atoms with van der Waals surface area (Å²) < 4.78 is 0. The summed E-state index contributed by atoms with van der Waals surface area (Å²) in [6.45, 7) is 4.66. The zero-order valence-electron chi connectivity index (χ0n) is 6.59. The van der Waals surface area contributed by atoms with Crippen molar-refractivity contribution in [3.63, 3.8) is 0 Å². The van der Waals surface area contributed by atoms with E-state index in [1.165, 1.54) is 12.8 Å². The Kier molecular flexibility index (Phi) is 1.46. The molecule has 0 amide bonds. The maximum Gasteiger partial charge on any atom is 0.0159 e. The molecule has 0 aromatic carbocycles. The Labute approximate surface area is 62.4 Å². The summed E-state index contributed by atoms with van der Waals surface area (Å²) in [6.07, 6.45) is 2.83. The molecule has 2 atom stereocenters. The van der Waals surface area contributed by atoms with Crippen LogP contribution in [0.1, 0.15) is 19.8 Å². The van der Waals surface area contributed by atoms with Crippen LogP contribution in [0.5, 0.6) is 0 Å².